The molecule has 61 heavy (non-hydrogen) atoms. The zero-order valence-electron chi connectivity index (χ0n) is 39.7. The molecule has 0 aromatic rings. The number of nitriles is 3. The van der Waals surface area contributed by atoms with Gasteiger partial charge in [0.05, 0.1) is 65.8 Å². The molecule has 4 N–H and O–H groups in total. The first-order valence-corrected chi connectivity index (χ1v) is 21.1. The second kappa shape index (κ2) is 26.1. The monoisotopic (exact) mass is 871 g/mol. The predicted octanol–water partition coefficient (Wildman–Crippen LogP) is 4.03. The lowest BCUT2D eigenvalue weighted by Crippen LogP contribution is -2.61. The SMILES string of the molecule is CC#N.CC#N.CC#N.CC[C@H]1OC(=O)[C@H](C)[C@@H](O[C@H]2C[C@@](C)(OC)[C@@H](O)[C@H](C)O2)[C@H](C)[C@@H](O[C@H]2O[C@@H](C)C[C@@H](N(C)C)[C@@H]2O)[C@](C)(OC)C[C@@H](C)C(=O)[C@H](C)[C@@H](O)[C@]1(C)O. The molecule has 0 aromatic heterocycles. The fourth-order valence-electron chi connectivity index (χ4n) is 8.58. The zero-order chi connectivity index (χ0) is 47.8. The summed E-state index contributed by atoms with van der Waals surface area (Å²) in [4.78, 5) is 30.1. The number of Topliss-reactive ketones (excluding diaryl/α,β-unsaturated/α-hetero) is 1. The summed E-state index contributed by atoms with van der Waals surface area (Å²) in [6.45, 7) is 21.3. The highest BCUT2D eigenvalue weighted by atomic mass is 16.7. The highest BCUT2D eigenvalue weighted by Crippen LogP contribution is 2.41. The molecule has 352 valence electrons. The van der Waals surface area contributed by atoms with Gasteiger partial charge in [0.25, 0.3) is 0 Å². The molecule has 0 aliphatic carbocycles. The molecule has 17 heteroatoms. The van der Waals surface area contributed by atoms with Crippen molar-refractivity contribution >= 4 is 11.8 Å². The molecule has 0 unspecified atom stereocenters. The van der Waals surface area contributed by atoms with Gasteiger partial charge in [0.2, 0.25) is 0 Å². The maximum Gasteiger partial charge on any atom is 0.311 e. The van der Waals surface area contributed by atoms with Crippen molar-refractivity contribution in [2.45, 2.75) is 200 Å². The van der Waals surface area contributed by atoms with E-state index in [1.807, 2.05) is 32.8 Å². The van der Waals surface area contributed by atoms with Gasteiger partial charge in [-0.25, -0.2) is 0 Å². The highest BCUT2D eigenvalue weighted by Gasteiger charge is 2.54. The lowest BCUT2D eigenvalue weighted by atomic mass is 9.74. The van der Waals surface area contributed by atoms with Gasteiger partial charge in [-0.2, -0.15) is 15.8 Å². The second-order valence-electron chi connectivity index (χ2n) is 17.3. The van der Waals surface area contributed by atoms with Crippen molar-refractivity contribution in [1.29, 1.82) is 15.8 Å². The number of methoxy groups -OCH3 is 2. The van der Waals surface area contributed by atoms with E-state index in [0.717, 1.165) is 0 Å². The van der Waals surface area contributed by atoms with E-state index in [-0.39, 0.29) is 37.2 Å². The van der Waals surface area contributed by atoms with Crippen LogP contribution in [0.4, 0.5) is 0 Å². The van der Waals surface area contributed by atoms with Gasteiger partial charge in [-0.3, -0.25) is 9.59 Å². The molecular weight excluding hydrogens is 792 g/mol. The molecule has 3 fully saturated rings. The molecular formula is C44H78N4O13. The van der Waals surface area contributed by atoms with Crippen LogP contribution in [0, 0.1) is 57.7 Å². The van der Waals surface area contributed by atoms with E-state index in [1.165, 1.54) is 41.9 Å². The zero-order valence-corrected chi connectivity index (χ0v) is 39.7. The third kappa shape index (κ3) is 15.2. The number of likely N-dealkylation sites (N-methyl/N-ethyl adjacent to an activating group) is 1. The third-order valence-electron chi connectivity index (χ3n) is 12.3. The predicted molar refractivity (Wildman–Crippen MR) is 225 cm³/mol. The van der Waals surface area contributed by atoms with E-state index in [4.69, 9.17) is 48.9 Å². The smallest absolute Gasteiger partial charge is 0.311 e. The Morgan fingerprint density at radius 1 is 0.803 bits per heavy atom. The van der Waals surface area contributed by atoms with Gasteiger partial charge in [-0.1, -0.05) is 27.7 Å². The molecule has 0 saturated carbocycles. The largest absolute Gasteiger partial charge is 0.459 e. The lowest BCUT2D eigenvalue weighted by molar-refractivity contribution is -0.319. The molecule has 0 amide bonds. The topological polar surface area (TPSA) is 254 Å². The molecule has 0 bridgehead atoms. The van der Waals surface area contributed by atoms with Crippen LogP contribution < -0.4 is 0 Å². The van der Waals surface area contributed by atoms with Crippen LogP contribution >= 0.6 is 0 Å². The summed E-state index contributed by atoms with van der Waals surface area (Å²) in [5.74, 6) is -4.47. The number of ether oxygens (including phenoxy) is 7. The number of aliphatic hydroxyl groups excluding tert-OH is 3. The summed E-state index contributed by atoms with van der Waals surface area (Å²) in [6.07, 6.45) is -8.73. The molecule has 17 nitrogen and oxygen atoms in total. The average Bonchev–Trinajstić information content (AvgIpc) is 3.19. The van der Waals surface area contributed by atoms with Gasteiger partial charge in [-0.05, 0) is 74.9 Å². The Hall–Kier alpha value is -2.83. The summed E-state index contributed by atoms with van der Waals surface area (Å²) in [5.41, 5.74) is -4.24. The molecule has 3 heterocycles. The summed E-state index contributed by atoms with van der Waals surface area (Å²) < 4.78 is 43.9. The van der Waals surface area contributed by atoms with Crippen molar-refractivity contribution in [1.82, 2.24) is 4.90 Å². The van der Waals surface area contributed by atoms with Crippen LogP contribution in [0.15, 0.2) is 0 Å². The van der Waals surface area contributed by atoms with Crippen molar-refractivity contribution in [3.8, 4) is 18.2 Å². The van der Waals surface area contributed by atoms with Crippen LogP contribution in [0.25, 0.3) is 0 Å². The Morgan fingerprint density at radius 3 is 1.77 bits per heavy atom. The maximum atomic E-state index is 14.2. The Kier molecular flexibility index (Phi) is 24.9. The van der Waals surface area contributed by atoms with Crippen LogP contribution in [0.2, 0.25) is 0 Å². The van der Waals surface area contributed by atoms with Crippen LogP contribution in [0.1, 0.15) is 116 Å². The first-order chi connectivity index (χ1) is 28.2. The Bertz CT molecular complexity index is 1440. The minimum absolute atomic E-state index is 0.111. The highest BCUT2D eigenvalue weighted by molar-refractivity contribution is 5.83. The summed E-state index contributed by atoms with van der Waals surface area (Å²) in [7, 11) is 6.77. The first-order valence-electron chi connectivity index (χ1n) is 21.1. The number of ketones is 1. The minimum atomic E-state index is -1.96. The number of cyclic esters (lactones) is 1. The Balaban J connectivity index is 0.00000366. The fourth-order valence-corrected chi connectivity index (χ4v) is 8.58. The molecule has 0 aromatic carbocycles. The second-order valence-corrected chi connectivity index (χ2v) is 17.3. The fraction of sp³-hybridized carbons (Fsp3) is 0.886. The van der Waals surface area contributed by atoms with Gasteiger partial charge < -0.3 is 58.5 Å². The number of esters is 1. The number of aliphatic hydroxyl groups is 4. The van der Waals surface area contributed by atoms with Gasteiger partial charge >= 0.3 is 5.97 Å². The number of rotatable bonds is 8. The number of hydrogen-bond acceptors (Lipinski definition) is 17. The van der Waals surface area contributed by atoms with E-state index in [9.17, 15) is 30.0 Å². The molecule has 3 aliphatic rings. The van der Waals surface area contributed by atoms with E-state index in [2.05, 4.69) is 0 Å². The van der Waals surface area contributed by atoms with Crippen molar-refractivity contribution in [3.63, 3.8) is 0 Å². The summed E-state index contributed by atoms with van der Waals surface area (Å²) >= 11 is 0. The molecule has 18 atom stereocenters. The maximum absolute atomic E-state index is 14.2. The molecule has 3 saturated heterocycles. The van der Waals surface area contributed by atoms with Crippen molar-refractivity contribution in [2.24, 2.45) is 23.7 Å². The minimum Gasteiger partial charge on any atom is -0.459 e. The molecule has 3 aliphatic heterocycles. The molecule has 0 radical (unpaired) electrons. The van der Waals surface area contributed by atoms with Gasteiger partial charge in [0, 0.05) is 65.2 Å². The number of carbonyl (C=O) groups excluding carboxylic acids is 2. The average molecular weight is 871 g/mol. The normalized spacial score (nSPS) is 42.2. The number of nitrogens with zero attached hydrogens (tertiary/aromatic N) is 4. The van der Waals surface area contributed by atoms with Gasteiger partial charge in [0.1, 0.15) is 29.7 Å². The van der Waals surface area contributed by atoms with Crippen LogP contribution in [-0.4, -0.2) is 150 Å². The van der Waals surface area contributed by atoms with E-state index < -0.39 is 102 Å². The number of carbonyl (C=O) groups is 2. The Labute approximate surface area is 365 Å². The van der Waals surface area contributed by atoms with E-state index in [0.29, 0.717) is 6.42 Å². The van der Waals surface area contributed by atoms with Crippen molar-refractivity contribution in [3.05, 3.63) is 0 Å². The van der Waals surface area contributed by atoms with Crippen LogP contribution in [0.5, 0.6) is 0 Å². The van der Waals surface area contributed by atoms with Gasteiger partial charge in [-0.15, -0.1) is 0 Å². The lowest BCUT2D eigenvalue weighted by Gasteiger charge is -2.50. The van der Waals surface area contributed by atoms with Crippen LogP contribution in [0.3, 0.4) is 0 Å². The summed E-state index contributed by atoms with van der Waals surface area (Å²) in [6, 6.07) is 4.97. The van der Waals surface area contributed by atoms with Crippen LogP contribution in [-0.2, 0) is 42.7 Å². The molecule has 3 rings (SSSR count). The third-order valence-corrected chi connectivity index (χ3v) is 12.3. The summed E-state index contributed by atoms with van der Waals surface area (Å²) in [5, 5.41) is 67.5. The van der Waals surface area contributed by atoms with E-state index in [1.54, 1.807) is 66.7 Å². The Morgan fingerprint density at radius 2 is 1.31 bits per heavy atom. The standard InChI is InChI=1S/C38H69NO13.3C2H3N/c1-15-26-38(10,45)31(42)21(4)28(40)19(2)17-37(9,47-14)33(52-35-29(41)25(39(11)12)16-20(3)48-35)22(5)30(23(6)34(44)50-26)51-27-18-36(8,46-13)32(43)24(7)49-27;3*1-2-3/h19-27,29-33,35,41-43,45H,15-18H2,1-14H3;3*1H3/t19-,20+,21+,22+,23-,24+,25-,26-,27+,29+,30+,31-,32+,33-,35-,36-,37-,38-;;;/m1.../s1. The quantitative estimate of drug-likeness (QED) is 0.251. The first kappa shape index (κ1) is 58.2. The van der Waals surface area contributed by atoms with E-state index >= 15 is 0 Å². The number of hydrogen-bond donors (Lipinski definition) is 4. The van der Waals surface area contributed by atoms with Crippen molar-refractivity contribution in [2.75, 3.05) is 28.3 Å². The van der Waals surface area contributed by atoms with Gasteiger partial charge in [0.15, 0.2) is 12.6 Å². The molecule has 0 spiro atoms. The van der Waals surface area contributed by atoms with Crippen molar-refractivity contribution < 1.29 is 63.2 Å².